The minimum Gasteiger partial charge on any atom is -0.324 e. The van der Waals surface area contributed by atoms with Gasteiger partial charge in [0.2, 0.25) is 5.91 Å². The predicted molar refractivity (Wildman–Crippen MR) is 103 cm³/mol. The highest BCUT2D eigenvalue weighted by Crippen LogP contribution is 2.34. The zero-order valence-electron chi connectivity index (χ0n) is 14.4. The van der Waals surface area contributed by atoms with Crippen LogP contribution in [0.25, 0.3) is 10.8 Å². The van der Waals surface area contributed by atoms with Crippen LogP contribution in [-0.4, -0.2) is 24.4 Å². The summed E-state index contributed by atoms with van der Waals surface area (Å²) in [5.41, 5.74) is 3.65. The van der Waals surface area contributed by atoms with Crippen molar-refractivity contribution < 1.29 is 4.79 Å². The number of benzene rings is 3. The van der Waals surface area contributed by atoms with Crippen LogP contribution in [0.4, 0.5) is 5.69 Å². The number of amides is 1. The lowest BCUT2D eigenvalue weighted by Crippen LogP contribution is -2.32. The van der Waals surface area contributed by atoms with E-state index < -0.39 is 0 Å². The Bertz CT molecular complexity index is 913. The third-order valence-electron chi connectivity index (χ3n) is 5.09. The molecule has 1 aliphatic rings. The Morgan fingerprint density at radius 2 is 1.80 bits per heavy atom. The number of fused-ring (bicyclic) bond motifs is 2. The quantitative estimate of drug-likeness (QED) is 0.769. The topological polar surface area (TPSA) is 32.3 Å². The first-order valence-electron chi connectivity index (χ1n) is 8.78. The lowest BCUT2D eigenvalue weighted by Gasteiger charge is -2.24. The van der Waals surface area contributed by atoms with E-state index in [2.05, 4.69) is 46.6 Å². The molecule has 4 rings (SSSR count). The summed E-state index contributed by atoms with van der Waals surface area (Å²) in [5.74, 6) is 0.0308. The van der Waals surface area contributed by atoms with Crippen molar-refractivity contribution in [2.24, 2.45) is 0 Å². The summed E-state index contributed by atoms with van der Waals surface area (Å²) in [6.45, 7) is 0.391. The number of rotatable bonds is 4. The summed E-state index contributed by atoms with van der Waals surface area (Å²) in [6.07, 6.45) is 2.17. The molecule has 25 heavy (non-hydrogen) atoms. The maximum atomic E-state index is 12.6. The van der Waals surface area contributed by atoms with E-state index in [0.717, 1.165) is 29.3 Å². The normalized spacial score (nSPS) is 16.2. The lowest BCUT2D eigenvalue weighted by atomic mass is 10.1. The van der Waals surface area contributed by atoms with E-state index in [4.69, 9.17) is 0 Å². The molecule has 0 bridgehead atoms. The van der Waals surface area contributed by atoms with Gasteiger partial charge in [-0.1, -0.05) is 60.7 Å². The van der Waals surface area contributed by atoms with E-state index in [-0.39, 0.29) is 5.91 Å². The molecule has 3 aromatic carbocycles. The molecule has 0 aromatic heterocycles. The molecular weight excluding hydrogens is 308 g/mol. The third kappa shape index (κ3) is 3.15. The fourth-order valence-corrected chi connectivity index (χ4v) is 3.85. The zero-order valence-corrected chi connectivity index (χ0v) is 14.4. The Balaban J connectivity index is 1.47. The lowest BCUT2D eigenvalue weighted by molar-refractivity contribution is -0.117. The largest absolute Gasteiger partial charge is 0.324 e. The van der Waals surface area contributed by atoms with Crippen molar-refractivity contribution in [3.63, 3.8) is 0 Å². The van der Waals surface area contributed by atoms with Crippen LogP contribution in [0.15, 0.2) is 66.7 Å². The molecule has 1 amide bonds. The van der Waals surface area contributed by atoms with Gasteiger partial charge in [0.25, 0.3) is 0 Å². The number of likely N-dealkylation sites (N-methyl/N-ethyl adjacent to an activating group) is 1. The van der Waals surface area contributed by atoms with Crippen molar-refractivity contribution in [1.82, 2.24) is 4.90 Å². The number of anilines is 1. The molecule has 0 fully saturated rings. The molecule has 0 saturated heterocycles. The first-order valence-corrected chi connectivity index (χ1v) is 8.78. The summed E-state index contributed by atoms with van der Waals surface area (Å²) in [6, 6.07) is 23.0. The average Bonchev–Trinajstić information content (AvgIpc) is 3.06. The van der Waals surface area contributed by atoms with Gasteiger partial charge in [-0.05, 0) is 42.5 Å². The SMILES string of the molecule is CN(CC(=O)Nc1cccc2ccccc12)[C@H]1CCc2ccccc21. The van der Waals surface area contributed by atoms with Crippen molar-refractivity contribution in [3.8, 4) is 0 Å². The monoisotopic (exact) mass is 330 g/mol. The zero-order chi connectivity index (χ0) is 17.2. The smallest absolute Gasteiger partial charge is 0.238 e. The highest BCUT2D eigenvalue weighted by molar-refractivity contribution is 6.02. The molecule has 3 aromatic rings. The first kappa shape index (κ1) is 15.9. The molecule has 0 radical (unpaired) electrons. The van der Waals surface area contributed by atoms with Gasteiger partial charge in [0, 0.05) is 17.1 Å². The van der Waals surface area contributed by atoms with Crippen LogP contribution < -0.4 is 5.32 Å². The first-order chi connectivity index (χ1) is 12.2. The van der Waals surface area contributed by atoms with Gasteiger partial charge in [0.1, 0.15) is 0 Å². The molecule has 3 heteroatoms. The number of aryl methyl sites for hydroxylation is 1. The Kier molecular flexibility index (Phi) is 4.24. The van der Waals surface area contributed by atoms with Crippen molar-refractivity contribution in [2.75, 3.05) is 18.9 Å². The van der Waals surface area contributed by atoms with Gasteiger partial charge >= 0.3 is 0 Å². The molecule has 0 saturated carbocycles. The van der Waals surface area contributed by atoms with Gasteiger partial charge in [-0.2, -0.15) is 0 Å². The third-order valence-corrected chi connectivity index (χ3v) is 5.09. The molecule has 0 unspecified atom stereocenters. The molecule has 3 nitrogen and oxygen atoms in total. The van der Waals surface area contributed by atoms with E-state index >= 15 is 0 Å². The fraction of sp³-hybridized carbons (Fsp3) is 0.227. The van der Waals surface area contributed by atoms with Crippen molar-refractivity contribution in [2.45, 2.75) is 18.9 Å². The number of carbonyl (C=O) groups excluding carboxylic acids is 1. The summed E-state index contributed by atoms with van der Waals surface area (Å²) in [5, 5.41) is 5.30. The summed E-state index contributed by atoms with van der Waals surface area (Å²) >= 11 is 0. The summed E-state index contributed by atoms with van der Waals surface area (Å²) in [4.78, 5) is 14.7. The molecular formula is C22H22N2O. The standard InChI is InChI=1S/C22H22N2O/c1-24(21-14-13-17-8-3-5-11-19(17)21)15-22(25)23-20-12-6-9-16-7-2-4-10-18(16)20/h2-12,21H,13-15H2,1H3,(H,23,25)/t21-/m0/s1. The van der Waals surface area contributed by atoms with Crippen LogP contribution >= 0.6 is 0 Å². The van der Waals surface area contributed by atoms with Crippen molar-refractivity contribution >= 4 is 22.4 Å². The van der Waals surface area contributed by atoms with Crippen molar-refractivity contribution in [1.29, 1.82) is 0 Å². The van der Waals surface area contributed by atoms with Crippen molar-refractivity contribution in [3.05, 3.63) is 77.9 Å². The second-order valence-electron chi connectivity index (χ2n) is 6.74. The Labute approximate surface area is 148 Å². The Morgan fingerprint density at radius 1 is 1.04 bits per heavy atom. The number of nitrogens with one attached hydrogen (secondary N) is 1. The van der Waals surface area contributed by atoms with Crippen LogP contribution in [0.5, 0.6) is 0 Å². The second-order valence-corrected chi connectivity index (χ2v) is 6.74. The minimum atomic E-state index is 0.0308. The summed E-state index contributed by atoms with van der Waals surface area (Å²) < 4.78 is 0. The fourth-order valence-electron chi connectivity index (χ4n) is 3.85. The van der Waals surface area contributed by atoms with Gasteiger partial charge in [0.05, 0.1) is 6.54 Å². The van der Waals surface area contributed by atoms with Crippen LogP contribution in [0.1, 0.15) is 23.6 Å². The van der Waals surface area contributed by atoms with Gasteiger partial charge in [-0.3, -0.25) is 9.69 Å². The maximum absolute atomic E-state index is 12.6. The summed E-state index contributed by atoms with van der Waals surface area (Å²) in [7, 11) is 2.04. The molecule has 1 N–H and O–H groups in total. The minimum absolute atomic E-state index is 0.0308. The van der Waals surface area contributed by atoms with Crippen LogP contribution in [0.2, 0.25) is 0 Å². The second kappa shape index (κ2) is 6.69. The number of hydrogen-bond acceptors (Lipinski definition) is 2. The van der Waals surface area contributed by atoms with Gasteiger partial charge in [-0.25, -0.2) is 0 Å². The van der Waals surface area contributed by atoms with Gasteiger partial charge in [0.15, 0.2) is 0 Å². The van der Waals surface area contributed by atoms with E-state index in [1.54, 1.807) is 0 Å². The molecule has 0 spiro atoms. The molecule has 1 aliphatic carbocycles. The van der Waals surface area contributed by atoms with Crippen LogP contribution in [0.3, 0.4) is 0 Å². The molecule has 1 atom stereocenters. The molecule has 126 valence electrons. The van der Waals surface area contributed by atoms with E-state index in [0.29, 0.717) is 12.6 Å². The highest BCUT2D eigenvalue weighted by Gasteiger charge is 2.26. The number of hydrogen-bond donors (Lipinski definition) is 1. The number of carbonyl (C=O) groups is 1. The average molecular weight is 330 g/mol. The van der Waals surface area contributed by atoms with Crippen LogP contribution in [0, 0.1) is 0 Å². The number of nitrogens with zero attached hydrogens (tertiary/aromatic N) is 1. The Hall–Kier alpha value is -2.65. The predicted octanol–water partition coefficient (Wildman–Crippen LogP) is 4.40. The van der Waals surface area contributed by atoms with E-state index in [9.17, 15) is 4.79 Å². The maximum Gasteiger partial charge on any atom is 0.238 e. The van der Waals surface area contributed by atoms with E-state index in [1.165, 1.54) is 11.1 Å². The molecule has 0 aliphatic heterocycles. The van der Waals surface area contributed by atoms with Crippen LogP contribution in [-0.2, 0) is 11.2 Å². The Morgan fingerprint density at radius 3 is 2.72 bits per heavy atom. The van der Waals surface area contributed by atoms with Gasteiger partial charge < -0.3 is 5.32 Å². The van der Waals surface area contributed by atoms with Gasteiger partial charge in [-0.15, -0.1) is 0 Å². The highest BCUT2D eigenvalue weighted by atomic mass is 16.2. The van der Waals surface area contributed by atoms with E-state index in [1.807, 2.05) is 37.4 Å². The molecule has 0 heterocycles.